The molecule has 0 aliphatic carbocycles. The highest BCUT2D eigenvalue weighted by Crippen LogP contribution is 2.20. The Hall–Kier alpha value is -1.50. The van der Waals surface area contributed by atoms with Crippen molar-refractivity contribution in [3.8, 4) is 6.07 Å². The van der Waals surface area contributed by atoms with Crippen molar-refractivity contribution in [3.63, 3.8) is 0 Å². The Morgan fingerprint density at radius 2 is 2.50 bits per heavy atom. The van der Waals surface area contributed by atoms with Crippen LogP contribution < -0.4 is 0 Å². The maximum Gasteiger partial charge on any atom is 0.0914 e. The minimum absolute atomic E-state index is 0.0509. The van der Waals surface area contributed by atoms with Gasteiger partial charge in [0.1, 0.15) is 0 Å². The molecule has 0 saturated carbocycles. The Morgan fingerprint density at radius 3 is 2.83 bits per heavy atom. The zero-order chi connectivity index (χ0) is 9.61. The molecule has 5 nitrogen and oxygen atoms in total. The predicted molar refractivity (Wildman–Crippen MR) is 43.8 cm³/mol. The van der Waals surface area contributed by atoms with Gasteiger partial charge in [0.15, 0.2) is 0 Å². The molecule has 0 fully saturated rings. The molecule has 0 amide bonds. The van der Waals surface area contributed by atoms with Crippen LogP contribution >= 0.6 is 0 Å². The topological polar surface area (TPSA) is 92.8 Å². The van der Waals surface area contributed by atoms with Gasteiger partial charge in [0.2, 0.25) is 0 Å². The molecule has 0 saturated heterocycles. The standard InChI is InChI=1S/C7H10N4O/c1-3-7(2,12)6(4-5-8)10-11-9/h4,12H,3H2,1-2H3. The van der Waals surface area contributed by atoms with Crippen LogP contribution in [0.25, 0.3) is 10.4 Å². The molecule has 0 heterocycles. The molecule has 5 heteroatoms. The van der Waals surface area contributed by atoms with E-state index in [2.05, 4.69) is 10.0 Å². The highest BCUT2D eigenvalue weighted by molar-refractivity contribution is 5.20. The normalized spacial score (nSPS) is 15.7. The van der Waals surface area contributed by atoms with Crippen molar-refractivity contribution in [1.82, 2.24) is 0 Å². The van der Waals surface area contributed by atoms with E-state index in [0.717, 1.165) is 6.08 Å². The molecular formula is C7H10N4O. The van der Waals surface area contributed by atoms with Crippen LogP contribution in [-0.2, 0) is 0 Å². The van der Waals surface area contributed by atoms with Gasteiger partial charge < -0.3 is 5.11 Å². The summed E-state index contributed by atoms with van der Waals surface area (Å²) in [4.78, 5) is 2.51. The predicted octanol–water partition coefficient (Wildman–Crippen LogP) is 1.87. The largest absolute Gasteiger partial charge is 0.386 e. The summed E-state index contributed by atoms with van der Waals surface area (Å²) in [6.45, 7) is 3.23. The highest BCUT2D eigenvalue weighted by atomic mass is 16.3. The Morgan fingerprint density at radius 1 is 1.92 bits per heavy atom. The quantitative estimate of drug-likeness (QED) is 0.300. The van der Waals surface area contributed by atoms with Gasteiger partial charge in [-0.15, -0.1) is 0 Å². The average Bonchev–Trinajstić information content (AvgIpc) is 2.04. The minimum atomic E-state index is -1.22. The highest BCUT2D eigenvalue weighted by Gasteiger charge is 2.22. The van der Waals surface area contributed by atoms with E-state index in [9.17, 15) is 5.11 Å². The summed E-state index contributed by atoms with van der Waals surface area (Å²) < 4.78 is 0. The zero-order valence-electron chi connectivity index (χ0n) is 7.02. The fourth-order valence-corrected chi connectivity index (χ4v) is 0.583. The van der Waals surface area contributed by atoms with Crippen LogP contribution in [0.5, 0.6) is 0 Å². The van der Waals surface area contributed by atoms with Gasteiger partial charge in [-0.3, -0.25) is 0 Å². The first kappa shape index (κ1) is 10.5. The number of allylic oxidation sites excluding steroid dienone is 1. The van der Waals surface area contributed by atoms with Gasteiger partial charge in [-0.25, -0.2) is 0 Å². The fraction of sp³-hybridized carbons (Fsp3) is 0.571. The summed E-state index contributed by atoms with van der Waals surface area (Å²) in [5.41, 5.74) is 6.95. The summed E-state index contributed by atoms with van der Waals surface area (Å²) in [5.74, 6) is 0. The number of rotatable bonds is 3. The van der Waals surface area contributed by atoms with Crippen LogP contribution in [0.15, 0.2) is 16.9 Å². The third kappa shape index (κ3) is 2.62. The minimum Gasteiger partial charge on any atom is -0.386 e. The lowest BCUT2D eigenvalue weighted by molar-refractivity contribution is 0.0930. The molecule has 0 rings (SSSR count). The molecule has 1 N–H and O–H groups in total. The Balaban J connectivity index is 4.90. The molecule has 0 aromatic heterocycles. The number of nitriles is 1. The first-order valence-corrected chi connectivity index (χ1v) is 3.46. The third-order valence-electron chi connectivity index (χ3n) is 1.59. The van der Waals surface area contributed by atoms with Gasteiger partial charge in [-0.1, -0.05) is 12.0 Å². The van der Waals surface area contributed by atoms with Crippen molar-refractivity contribution in [2.24, 2.45) is 5.11 Å². The lowest BCUT2D eigenvalue weighted by Crippen LogP contribution is -2.24. The third-order valence-corrected chi connectivity index (χ3v) is 1.59. The van der Waals surface area contributed by atoms with E-state index in [4.69, 9.17) is 10.8 Å². The van der Waals surface area contributed by atoms with Gasteiger partial charge in [0.25, 0.3) is 0 Å². The van der Waals surface area contributed by atoms with Crippen molar-refractivity contribution in [2.45, 2.75) is 25.9 Å². The van der Waals surface area contributed by atoms with Crippen molar-refractivity contribution in [1.29, 1.82) is 5.26 Å². The molecule has 0 spiro atoms. The number of hydrogen-bond donors (Lipinski definition) is 1. The first-order valence-electron chi connectivity index (χ1n) is 3.46. The monoisotopic (exact) mass is 166 g/mol. The maximum absolute atomic E-state index is 9.56. The van der Waals surface area contributed by atoms with E-state index in [0.29, 0.717) is 6.42 Å². The van der Waals surface area contributed by atoms with Crippen LogP contribution in [0.4, 0.5) is 0 Å². The number of hydrogen-bond acceptors (Lipinski definition) is 3. The molecule has 0 radical (unpaired) electrons. The lowest BCUT2D eigenvalue weighted by Gasteiger charge is -2.20. The summed E-state index contributed by atoms with van der Waals surface area (Å²) in [6, 6.07) is 1.71. The van der Waals surface area contributed by atoms with Crippen molar-refractivity contribution in [3.05, 3.63) is 22.2 Å². The summed E-state index contributed by atoms with van der Waals surface area (Å²) in [7, 11) is 0. The molecular weight excluding hydrogens is 156 g/mol. The molecule has 0 bridgehead atoms. The van der Waals surface area contributed by atoms with E-state index in [-0.39, 0.29) is 5.70 Å². The van der Waals surface area contributed by atoms with E-state index >= 15 is 0 Å². The van der Waals surface area contributed by atoms with E-state index in [1.807, 2.05) is 0 Å². The molecule has 0 aromatic carbocycles. The molecule has 12 heavy (non-hydrogen) atoms. The van der Waals surface area contributed by atoms with E-state index < -0.39 is 5.60 Å². The lowest BCUT2D eigenvalue weighted by atomic mass is 9.99. The molecule has 0 aliphatic rings. The van der Waals surface area contributed by atoms with Crippen molar-refractivity contribution < 1.29 is 5.11 Å². The summed E-state index contributed by atoms with van der Waals surface area (Å²) in [5, 5.41) is 21.1. The Kier molecular flexibility index (Phi) is 3.84. The van der Waals surface area contributed by atoms with Crippen LogP contribution in [0, 0.1) is 11.3 Å². The number of azide groups is 1. The zero-order valence-corrected chi connectivity index (χ0v) is 7.02. The maximum atomic E-state index is 9.56. The molecule has 0 aromatic rings. The van der Waals surface area contributed by atoms with Gasteiger partial charge in [0, 0.05) is 11.0 Å². The molecule has 1 unspecified atom stereocenters. The van der Waals surface area contributed by atoms with E-state index in [1.165, 1.54) is 6.92 Å². The fourth-order valence-electron chi connectivity index (χ4n) is 0.583. The van der Waals surface area contributed by atoms with Crippen LogP contribution in [0.2, 0.25) is 0 Å². The molecule has 64 valence electrons. The second kappa shape index (κ2) is 4.39. The van der Waals surface area contributed by atoms with Crippen LogP contribution in [-0.4, -0.2) is 10.7 Å². The SMILES string of the molecule is CCC(C)(O)C(=CC#N)N=[N+]=[N-]. The first-order chi connectivity index (χ1) is 5.58. The summed E-state index contributed by atoms with van der Waals surface area (Å²) in [6.07, 6.45) is 1.43. The van der Waals surface area contributed by atoms with Gasteiger partial charge >= 0.3 is 0 Å². The molecule has 1 atom stereocenters. The Labute approximate surface area is 70.6 Å². The Bertz CT molecular complexity index is 268. The smallest absolute Gasteiger partial charge is 0.0914 e. The van der Waals surface area contributed by atoms with Gasteiger partial charge in [0.05, 0.1) is 17.4 Å². The van der Waals surface area contributed by atoms with Gasteiger partial charge in [-0.2, -0.15) is 5.26 Å². The van der Waals surface area contributed by atoms with Crippen molar-refractivity contribution >= 4 is 0 Å². The molecule has 0 aliphatic heterocycles. The van der Waals surface area contributed by atoms with Gasteiger partial charge in [-0.05, 0) is 18.9 Å². The number of nitrogens with zero attached hydrogens (tertiary/aromatic N) is 4. The number of aliphatic hydroxyl groups is 1. The average molecular weight is 166 g/mol. The van der Waals surface area contributed by atoms with Crippen molar-refractivity contribution in [2.75, 3.05) is 0 Å². The van der Waals surface area contributed by atoms with E-state index in [1.54, 1.807) is 13.0 Å². The second-order valence-electron chi connectivity index (χ2n) is 2.48. The summed E-state index contributed by atoms with van der Waals surface area (Å²) >= 11 is 0. The van der Waals surface area contributed by atoms with Crippen LogP contribution in [0.1, 0.15) is 20.3 Å². The second-order valence-corrected chi connectivity index (χ2v) is 2.48. The van der Waals surface area contributed by atoms with Crippen LogP contribution in [0.3, 0.4) is 0 Å².